The van der Waals surface area contributed by atoms with Gasteiger partial charge in [-0.3, -0.25) is 14.5 Å². The first-order valence-electron chi connectivity index (χ1n) is 15.5. The Bertz CT molecular complexity index is 1830. The van der Waals surface area contributed by atoms with Gasteiger partial charge in [0.2, 0.25) is 0 Å². The van der Waals surface area contributed by atoms with Crippen LogP contribution in [0, 0.1) is 5.82 Å². The maximum atomic E-state index is 14.1. The van der Waals surface area contributed by atoms with Gasteiger partial charge in [-0.15, -0.1) is 13.2 Å². The molecular formula is C34H31F7N4O4. The molecule has 8 nitrogen and oxygen atoms in total. The number of alkyl halides is 6. The first-order valence-corrected chi connectivity index (χ1v) is 15.5. The van der Waals surface area contributed by atoms with Crippen molar-refractivity contribution in [3.05, 3.63) is 95.0 Å². The fraction of sp³-hybridized carbons (Fsp3) is 0.353. The molecule has 3 heterocycles. The summed E-state index contributed by atoms with van der Waals surface area (Å²) < 4.78 is 100. The van der Waals surface area contributed by atoms with E-state index >= 15 is 0 Å². The lowest BCUT2D eigenvalue weighted by Crippen LogP contribution is -2.48. The summed E-state index contributed by atoms with van der Waals surface area (Å²) in [7, 11) is 0. The van der Waals surface area contributed by atoms with Crippen LogP contribution in [-0.2, 0) is 12.7 Å². The summed E-state index contributed by atoms with van der Waals surface area (Å²) in [6, 6.07) is 14.7. The highest BCUT2D eigenvalue weighted by Gasteiger charge is 2.33. The number of fused-ring (bicyclic) bond motifs is 1. The fourth-order valence-electron chi connectivity index (χ4n) is 6.12. The average Bonchev–Trinajstić information content (AvgIpc) is 3.50. The number of halogens is 7. The van der Waals surface area contributed by atoms with Crippen LogP contribution in [0.15, 0.2) is 71.1 Å². The number of likely N-dealkylation sites (tertiary alicyclic amines) is 1. The smallest absolute Gasteiger partial charge is 0.451 e. The summed E-state index contributed by atoms with van der Waals surface area (Å²) >= 11 is 0. The minimum atomic E-state index is -4.99. The Labute approximate surface area is 276 Å². The number of piperazine rings is 1. The molecular weight excluding hydrogens is 661 g/mol. The quantitative estimate of drug-likeness (QED) is 0.214. The predicted molar refractivity (Wildman–Crippen MR) is 165 cm³/mol. The fourth-order valence-corrected chi connectivity index (χ4v) is 6.12. The van der Waals surface area contributed by atoms with E-state index in [1.54, 1.807) is 35.2 Å². The lowest BCUT2D eigenvalue weighted by molar-refractivity contribution is -0.275. The number of rotatable bonds is 7. The molecule has 0 spiro atoms. The third kappa shape index (κ3) is 8.27. The third-order valence-electron chi connectivity index (χ3n) is 8.64. The summed E-state index contributed by atoms with van der Waals surface area (Å²) in [6.07, 6.45) is -8.25. The van der Waals surface area contributed by atoms with Gasteiger partial charge in [-0.25, -0.2) is 4.39 Å². The Hall–Kier alpha value is -4.79. The lowest BCUT2D eigenvalue weighted by atomic mass is 10.0. The maximum Gasteiger partial charge on any atom is 0.573 e. The van der Waals surface area contributed by atoms with Gasteiger partial charge in [-0.05, 0) is 73.0 Å². The molecule has 260 valence electrons. The Kier molecular flexibility index (Phi) is 9.47. The van der Waals surface area contributed by atoms with E-state index in [1.165, 1.54) is 12.1 Å². The number of hydrogen-bond acceptors (Lipinski definition) is 6. The number of carbonyl (C=O) groups is 2. The minimum Gasteiger partial charge on any atom is -0.451 e. The predicted octanol–water partition coefficient (Wildman–Crippen LogP) is 6.85. The number of nitrogens with zero attached hydrogens (tertiary/aromatic N) is 3. The summed E-state index contributed by atoms with van der Waals surface area (Å²) in [5.74, 6) is -2.57. The van der Waals surface area contributed by atoms with Crippen LogP contribution in [0.3, 0.4) is 0 Å². The van der Waals surface area contributed by atoms with Crippen LogP contribution in [-0.4, -0.2) is 73.3 Å². The molecule has 2 fully saturated rings. The molecule has 2 aliphatic heterocycles. The number of nitrogens with one attached hydrogen (secondary N) is 1. The zero-order valence-corrected chi connectivity index (χ0v) is 25.9. The van der Waals surface area contributed by atoms with Crippen LogP contribution in [0.2, 0.25) is 0 Å². The number of ether oxygens (including phenoxy) is 1. The van der Waals surface area contributed by atoms with E-state index < -0.39 is 35.6 Å². The van der Waals surface area contributed by atoms with Gasteiger partial charge in [0.15, 0.2) is 17.3 Å². The van der Waals surface area contributed by atoms with E-state index in [0.717, 1.165) is 24.3 Å². The van der Waals surface area contributed by atoms with Crippen LogP contribution in [0.1, 0.15) is 44.9 Å². The van der Waals surface area contributed by atoms with E-state index in [4.69, 9.17) is 4.42 Å². The molecule has 6 rings (SSSR count). The van der Waals surface area contributed by atoms with Crippen LogP contribution in [0.4, 0.5) is 36.4 Å². The van der Waals surface area contributed by atoms with Crippen molar-refractivity contribution in [1.82, 2.24) is 15.1 Å². The number of piperidine rings is 1. The minimum absolute atomic E-state index is 0.0772. The third-order valence-corrected chi connectivity index (χ3v) is 8.64. The summed E-state index contributed by atoms with van der Waals surface area (Å²) in [4.78, 5) is 31.8. The monoisotopic (exact) mass is 692 g/mol. The number of benzene rings is 3. The molecule has 0 bridgehead atoms. The van der Waals surface area contributed by atoms with E-state index in [0.29, 0.717) is 86.4 Å². The van der Waals surface area contributed by atoms with Crippen molar-refractivity contribution in [2.24, 2.45) is 0 Å². The Morgan fingerprint density at radius 1 is 0.857 bits per heavy atom. The topological polar surface area (TPSA) is 78.3 Å². The Balaban J connectivity index is 0.998. The molecule has 2 aliphatic rings. The first-order chi connectivity index (χ1) is 23.2. The molecule has 2 amide bonds. The molecule has 0 unspecified atom stereocenters. The van der Waals surface area contributed by atoms with E-state index in [2.05, 4.69) is 10.1 Å². The van der Waals surface area contributed by atoms with Gasteiger partial charge < -0.3 is 24.3 Å². The molecule has 0 atom stereocenters. The van der Waals surface area contributed by atoms with E-state index in [9.17, 15) is 40.3 Å². The Morgan fingerprint density at radius 3 is 2.27 bits per heavy atom. The van der Waals surface area contributed by atoms with Crippen molar-refractivity contribution in [3.63, 3.8) is 0 Å². The first kappa shape index (κ1) is 34.1. The highest BCUT2D eigenvalue weighted by Crippen LogP contribution is 2.32. The molecule has 2 saturated heterocycles. The van der Waals surface area contributed by atoms with Crippen LogP contribution in [0.25, 0.3) is 11.0 Å². The molecule has 49 heavy (non-hydrogen) atoms. The van der Waals surface area contributed by atoms with Gasteiger partial charge >= 0.3 is 12.5 Å². The van der Waals surface area contributed by atoms with Crippen LogP contribution in [0.5, 0.6) is 5.75 Å². The Morgan fingerprint density at radius 2 is 1.59 bits per heavy atom. The van der Waals surface area contributed by atoms with Gasteiger partial charge in [0.05, 0.1) is 5.56 Å². The second-order valence-electron chi connectivity index (χ2n) is 12.0. The number of amides is 2. The standard InChI is InChI=1S/C34H31F7N4O4/c35-27-16-21(4-6-29(27)49-34(39,40)41)20-43-10-8-25(9-11-43)42-31(46)30-18-23-17-22(5-7-28(23)48-30)32(47)45-14-12-44(13-15-45)26-3-1-2-24(19-26)33(36,37)38/h1-7,16-19,25H,8-15,20H2,(H,42,46). The lowest BCUT2D eigenvalue weighted by Gasteiger charge is -2.36. The van der Waals surface area contributed by atoms with Gasteiger partial charge in [-0.1, -0.05) is 12.1 Å². The molecule has 15 heteroatoms. The molecule has 0 saturated carbocycles. The SMILES string of the molecule is O=C(NC1CCN(Cc2ccc(OC(F)(F)F)c(F)c2)CC1)c1cc2cc(C(=O)N3CCN(c4cccc(C(F)(F)F)c4)CC3)ccc2o1. The van der Waals surface area contributed by atoms with Crippen LogP contribution < -0.4 is 15.0 Å². The molecule has 1 aromatic heterocycles. The molecule has 3 aromatic carbocycles. The number of carbonyl (C=O) groups excluding carboxylic acids is 2. The molecule has 4 aromatic rings. The van der Waals surface area contributed by atoms with Crippen LogP contribution >= 0.6 is 0 Å². The second-order valence-corrected chi connectivity index (χ2v) is 12.0. The maximum absolute atomic E-state index is 14.1. The van der Waals surface area contributed by atoms with Gasteiger partial charge in [0.1, 0.15) is 5.58 Å². The molecule has 0 radical (unpaired) electrons. The number of furan rings is 1. The summed E-state index contributed by atoms with van der Waals surface area (Å²) in [6.45, 7) is 2.84. The van der Waals surface area contributed by atoms with Gasteiger partial charge in [0.25, 0.3) is 11.8 Å². The van der Waals surface area contributed by atoms with E-state index in [-0.39, 0.29) is 17.7 Å². The highest BCUT2D eigenvalue weighted by atomic mass is 19.4. The van der Waals surface area contributed by atoms with E-state index in [1.807, 2.05) is 9.80 Å². The number of anilines is 1. The molecule has 0 aliphatic carbocycles. The molecule has 1 N–H and O–H groups in total. The van der Waals surface area contributed by atoms with Gasteiger partial charge in [0, 0.05) is 68.5 Å². The zero-order chi connectivity index (χ0) is 34.9. The van der Waals surface area contributed by atoms with Crippen molar-refractivity contribution in [2.45, 2.75) is 38.0 Å². The van der Waals surface area contributed by atoms with Crippen molar-refractivity contribution >= 4 is 28.5 Å². The van der Waals surface area contributed by atoms with Crippen molar-refractivity contribution < 1.29 is 49.5 Å². The van der Waals surface area contributed by atoms with Gasteiger partial charge in [-0.2, -0.15) is 13.2 Å². The highest BCUT2D eigenvalue weighted by molar-refractivity contribution is 6.00. The van der Waals surface area contributed by atoms with Crippen molar-refractivity contribution in [2.75, 3.05) is 44.2 Å². The average molecular weight is 693 g/mol. The van der Waals surface area contributed by atoms with Crippen molar-refractivity contribution in [3.8, 4) is 5.75 Å². The largest absolute Gasteiger partial charge is 0.573 e. The normalized spacial score (nSPS) is 16.6. The number of hydrogen-bond donors (Lipinski definition) is 1. The second kappa shape index (κ2) is 13.6. The summed E-state index contributed by atoms with van der Waals surface area (Å²) in [5.41, 5.74) is 1.03. The summed E-state index contributed by atoms with van der Waals surface area (Å²) in [5, 5.41) is 3.51. The zero-order valence-electron chi connectivity index (χ0n) is 25.9. The van der Waals surface area contributed by atoms with Crippen molar-refractivity contribution in [1.29, 1.82) is 0 Å².